The Hall–Kier alpha value is -2.31. The van der Waals surface area contributed by atoms with Crippen LogP contribution in [0, 0.1) is 0 Å². The molecule has 0 radical (unpaired) electrons. The Labute approximate surface area is 148 Å². The second-order valence-electron chi connectivity index (χ2n) is 4.92. The van der Waals surface area contributed by atoms with E-state index in [1.165, 1.54) is 11.8 Å². The lowest BCUT2D eigenvalue weighted by molar-refractivity contribution is -0.113. The molecule has 3 aromatic rings. The summed E-state index contributed by atoms with van der Waals surface area (Å²) in [5.74, 6) is 0.651. The van der Waals surface area contributed by atoms with Crippen molar-refractivity contribution in [3.05, 3.63) is 53.7 Å². The maximum Gasteiger partial charge on any atom is 0.234 e. The van der Waals surface area contributed by atoms with Crippen molar-refractivity contribution in [2.75, 3.05) is 18.2 Å². The predicted octanol–water partition coefficient (Wildman–Crippen LogP) is 4.02. The first-order valence-electron chi connectivity index (χ1n) is 7.14. The van der Waals surface area contributed by atoms with Crippen LogP contribution in [0.15, 0.2) is 53.7 Å². The molecule has 1 aromatic heterocycles. The van der Waals surface area contributed by atoms with Crippen molar-refractivity contribution < 1.29 is 9.53 Å². The van der Waals surface area contributed by atoms with E-state index in [4.69, 9.17) is 16.3 Å². The van der Waals surface area contributed by atoms with Crippen LogP contribution >= 0.6 is 23.4 Å². The summed E-state index contributed by atoms with van der Waals surface area (Å²) in [4.78, 5) is 12.1. The van der Waals surface area contributed by atoms with Gasteiger partial charge in [-0.2, -0.15) is 5.10 Å². The van der Waals surface area contributed by atoms with E-state index in [0.717, 1.165) is 15.8 Å². The van der Waals surface area contributed by atoms with Gasteiger partial charge in [0.25, 0.3) is 0 Å². The van der Waals surface area contributed by atoms with Crippen LogP contribution < -0.4 is 10.1 Å². The maximum absolute atomic E-state index is 12.1. The Morgan fingerprint density at radius 1 is 1.29 bits per heavy atom. The first-order valence-corrected chi connectivity index (χ1v) is 8.50. The van der Waals surface area contributed by atoms with E-state index in [1.54, 1.807) is 31.5 Å². The van der Waals surface area contributed by atoms with Crippen molar-refractivity contribution in [1.29, 1.82) is 0 Å². The zero-order valence-electron chi connectivity index (χ0n) is 12.8. The molecule has 5 nitrogen and oxygen atoms in total. The fraction of sp³-hybridized carbons (Fsp3) is 0.118. The number of aromatic nitrogens is 2. The van der Waals surface area contributed by atoms with E-state index in [9.17, 15) is 4.79 Å². The molecule has 24 heavy (non-hydrogen) atoms. The van der Waals surface area contributed by atoms with Crippen LogP contribution in [-0.2, 0) is 4.79 Å². The summed E-state index contributed by atoms with van der Waals surface area (Å²) < 4.78 is 5.09. The maximum atomic E-state index is 12.1. The summed E-state index contributed by atoms with van der Waals surface area (Å²) in [5, 5.41) is 14.1. The summed E-state index contributed by atoms with van der Waals surface area (Å²) in [6, 6.07) is 12.9. The molecular weight excluding hydrogens is 346 g/mol. The van der Waals surface area contributed by atoms with Crippen LogP contribution in [0.2, 0.25) is 5.02 Å². The normalized spacial score (nSPS) is 10.6. The van der Waals surface area contributed by atoms with E-state index in [0.29, 0.717) is 16.5 Å². The zero-order valence-corrected chi connectivity index (χ0v) is 14.4. The smallest absolute Gasteiger partial charge is 0.234 e. The number of hydrogen-bond acceptors (Lipinski definition) is 5. The van der Waals surface area contributed by atoms with Crippen molar-refractivity contribution in [2.24, 2.45) is 0 Å². The number of benzene rings is 2. The lowest BCUT2D eigenvalue weighted by Crippen LogP contribution is -2.14. The molecule has 0 aliphatic carbocycles. The number of anilines is 1. The molecular formula is C17H14ClN3O2S. The van der Waals surface area contributed by atoms with Crippen molar-refractivity contribution in [3.8, 4) is 5.75 Å². The van der Waals surface area contributed by atoms with Gasteiger partial charge in [0.15, 0.2) is 0 Å². The summed E-state index contributed by atoms with van der Waals surface area (Å²) in [7, 11) is 1.54. The third kappa shape index (κ3) is 3.77. The second-order valence-corrected chi connectivity index (χ2v) is 6.29. The minimum atomic E-state index is -0.143. The van der Waals surface area contributed by atoms with E-state index in [-0.39, 0.29) is 11.7 Å². The van der Waals surface area contributed by atoms with Crippen LogP contribution in [0.3, 0.4) is 0 Å². The van der Waals surface area contributed by atoms with Gasteiger partial charge in [-0.1, -0.05) is 47.6 Å². The van der Waals surface area contributed by atoms with Crippen molar-refractivity contribution >= 4 is 45.7 Å². The Kier molecular flexibility index (Phi) is 5.17. The highest BCUT2D eigenvalue weighted by Gasteiger charge is 2.09. The summed E-state index contributed by atoms with van der Waals surface area (Å²) in [5.41, 5.74) is 0.621. The molecule has 1 heterocycles. The number of carbonyl (C=O) groups excluding carboxylic acids is 1. The van der Waals surface area contributed by atoms with Gasteiger partial charge in [0.05, 0.1) is 24.1 Å². The molecule has 0 saturated heterocycles. The quantitative estimate of drug-likeness (QED) is 0.697. The number of ether oxygens (including phenoxy) is 1. The second kappa shape index (κ2) is 7.51. The average Bonchev–Trinajstić information content (AvgIpc) is 2.60. The summed E-state index contributed by atoms with van der Waals surface area (Å²) >= 11 is 7.40. The van der Waals surface area contributed by atoms with Gasteiger partial charge in [-0.15, -0.1) is 5.10 Å². The van der Waals surface area contributed by atoms with E-state index < -0.39 is 0 Å². The highest BCUT2D eigenvalue weighted by molar-refractivity contribution is 8.00. The van der Waals surface area contributed by atoms with Gasteiger partial charge in [0.1, 0.15) is 10.8 Å². The Bertz CT molecular complexity index is 883. The number of carbonyl (C=O) groups is 1. The van der Waals surface area contributed by atoms with E-state index in [1.807, 2.05) is 24.3 Å². The van der Waals surface area contributed by atoms with Crippen LogP contribution in [0.5, 0.6) is 5.75 Å². The predicted molar refractivity (Wildman–Crippen MR) is 96.9 cm³/mol. The SMILES string of the molecule is COc1ccc(NC(=O)CSc2nncc3ccccc23)cc1Cl. The molecule has 1 amide bonds. The van der Waals surface area contributed by atoms with Crippen LogP contribution in [0.4, 0.5) is 5.69 Å². The minimum absolute atomic E-state index is 0.143. The molecule has 2 aromatic carbocycles. The fourth-order valence-corrected chi connectivity index (χ4v) is 3.23. The molecule has 0 unspecified atom stereocenters. The fourth-order valence-electron chi connectivity index (χ4n) is 2.18. The van der Waals surface area contributed by atoms with Gasteiger partial charge in [-0.25, -0.2) is 0 Å². The largest absolute Gasteiger partial charge is 0.495 e. The zero-order chi connectivity index (χ0) is 16.9. The Balaban J connectivity index is 1.66. The Morgan fingerprint density at radius 2 is 2.12 bits per heavy atom. The molecule has 7 heteroatoms. The first kappa shape index (κ1) is 16.5. The molecule has 0 bridgehead atoms. The minimum Gasteiger partial charge on any atom is -0.495 e. The molecule has 122 valence electrons. The third-order valence-corrected chi connectivity index (χ3v) is 4.59. The summed E-state index contributed by atoms with van der Waals surface area (Å²) in [6.07, 6.45) is 1.71. The highest BCUT2D eigenvalue weighted by Crippen LogP contribution is 2.28. The molecule has 0 atom stereocenters. The van der Waals surface area contributed by atoms with Crippen LogP contribution in [0.1, 0.15) is 0 Å². The number of rotatable bonds is 5. The average molecular weight is 360 g/mol. The number of halogens is 1. The number of nitrogens with one attached hydrogen (secondary N) is 1. The number of methoxy groups -OCH3 is 1. The number of nitrogens with zero attached hydrogens (tertiary/aromatic N) is 2. The lowest BCUT2D eigenvalue weighted by atomic mass is 10.2. The number of thioether (sulfide) groups is 1. The number of amides is 1. The molecule has 0 aliphatic heterocycles. The van der Waals surface area contributed by atoms with Gasteiger partial charge in [0.2, 0.25) is 5.91 Å². The van der Waals surface area contributed by atoms with Crippen LogP contribution in [-0.4, -0.2) is 29.0 Å². The van der Waals surface area contributed by atoms with E-state index in [2.05, 4.69) is 15.5 Å². The monoisotopic (exact) mass is 359 g/mol. The number of fused-ring (bicyclic) bond motifs is 1. The molecule has 0 saturated carbocycles. The Morgan fingerprint density at radius 3 is 2.92 bits per heavy atom. The van der Waals surface area contributed by atoms with Gasteiger partial charge in [-0.3, -0.25) is 4.79 Å². The lowest BCUT2D eigenvalue weighted by Gasteiger charge is -2.08. The third-order valence-electron chi connectivity index (χ3n) is 3.31. The van der Waals surface area contributed by atoms with E-state index >= 15 is 0 Å². The van der Waals surface area contributed by atoms with Crippen molar-refractivity contribution in [1.82, 2.24) is 10.2 Å². The van der Waals surface area contributed by atoms with Gasteiger partial charge in [-0.05, 0) is 18.2 Å². The standard InChI is InChI=1S/C17H14ClN3O2S/c1-23-15-7-6-12(8-14(15)18)20-16(22)10-24-17-13-5-3-2-4-11(13)9-19-21-17/h2-9H,10H2,1H3,(H,20,22). The summed E-state index contributed by atoms with van der Waals surface area (Å²) in [6.45, 7) is 0. The van der Waals surface area contributed by atoms with Gasteiger partial charge < -0.3 is 10.1 Å². The molecule has 0 aliphatic rings. The number of hydrogen-bond donors (Lipinski definition) is 1. The first-order chi connectivity index (χ1) is 11.7. The van der Waals surface area contributed by atoms with Crippen LogP contribution in [0.25, 0.3) is 10.8 Å². The molecule has 3 rings (SSSR count). The van der Waals surface area contributed by atoms with Crippen molar-refractivity contribution in [2.45, 2.75) is 5.03 Å². The topological polar surface area (TPSA) is 64.1 Å². The van der Waals surface area contributed by atoms with Gasteiger partial charge in [0, 0.05) is 16.5 Å². The van der Waals surface area contributed by atoms with Gasteiger partial charge >= 0.3 is 0 Å². The molecule has 0 fully saturated rings. The highest BCUT2D eigenvalue weighted by atomic mass is 35.5. The molecule has 1 N–H and O–H groups in total. The molecule has 0 spiro atoms. The van der Waals surface area contributed by atoms with Crippen molar-refractivity contribution in [3.63, 3.8) is 0 Å².